The van der Waals surface area contributed by atoms with Crippen molar-refractivity contribution in [2.24, 2.45) is 35.5 Å². The Hall–Kier alpha value is -1.10. The summed E-state index contributed by atoms with van der Waals surface area (Å²) in [5.74, 6) is 1.32. The van der Waals surface area contributed by atoms with Gasteiger partial charge in [0.1, 0.15) is 6.29 Å². The maximum Gasteiger partial charge on any atom is 0.414 e. The van der Waals surface area contributed by atoms with Crippen LogP contribution in [-0.2, 0) is 4.79 Å². The van der Waals surface area contributed by atoms with Crippen molar-refractivity contribution in [2.75, 3.05) is 0 Å². The summed E-state index contributed by atoms with van der Waals surface area (Å²) in [6.45, 7) is 0. The number of halogens is 3. The molecule has 0 radical (unpaired) electrons. The molecule has 0 heterocycles. The summed E-state index contributed by atoms with van der Waals surface area (Å²) in [5.41, 5.74) is 0. The van der Waals surface area contributed by atoms with Crippen LogP contribution in [0.5, 0.6) is 0 Å². The van der Waals surface area contributed by atoms with Crippen molar-refractivity contribution < 1.29 is 23.1 Å². The summed E-state index contributed by atoms with van der Waals surface area (Å²) in [6.07, 6.45) is 6.40. The molecule has 0 amide bonds. The van der Waals surface area contributed by atoms with E-state index in [9.17, 15) is 18.0 Å². The third-order valence-corrected chi connectivity index (χ3v) is 5.58. The molecular formula is C17H21F3O2. The third-order valence-electron chi connectivity index (χ3n) is 5.58. The summed E-state index contributed by atoms with van der Waals surface area (Å²) in [4.78, 5) is 10.4. The van der Waals surface area contributed by atoms with E-state index in [0.717, 1.165) is 25.0 Å². The van der Waals surface area contributed by atoms with E-state index in [2.05, 4.69) is 12.2 Å². The Morgan fingerprint density at radius 3 is 1.86 bits per heavy atom. The normalized spacial score (nSPS) is 42.4. The average molecular weight is 314 g/mol. The number of hydrogen-bond donors (Lipinski definition) is 1. The highest BCUT2D eigenvalue weighted by molar-refractivity contribution is 5.56. The minimum absolute atomic E-state index is 0.0541. The number of hydrogen-bond acceptors (Lipinski definition) is 2. The molecule has 7 unspecified atom stereocenters. The first-order valence-electron chi connectivity index (χ1n) is 7.95. The summed E-state index contributed by atoms with van der Waals surface area (Å²) >= 11 is 0. The first kappa shape index (κ1) is 15.8. The van der Waals surface area contributed by atoms with Crippen molar-refractivity contribution >= 4 is 6.29 Å². The van der Waals surface area contributed by atoms with Gasteiger partial charge < -0.3 is 9.90 Å². The fraction of sp³-hybridized carbons (Fsp3) is 0.706. The Bertz CT molecular complexity index is 483. The van der Waals surface area contributed by atoms with Crippen LogP contribution in [0.15, 0.2) is 24.3 Å². The van der Waals surface area contributed by atoms with E-state index >= 15 is 0 Å². The maximum atomic E-state index is 12.2. The van der Waals surface area contributed by atoms with Crippen LogP contribution in [0.25, 0.3) is 0 Å². The van der Waals surface area contributed by atoms with Crippen LogP contribution >= 0.6 is 0 Å². The molecule has 22 heavy (non-hydrogen) atoms. The molecule has 4 aliphatic carbocycles. The third kappa shape index (κ3) is 3.00. The van der Waals surface area contributed by atoms with E-state index in [1.54, 1.807) is 0 Å². The average Bonchev–Trinajstić information content (AvgIpc) is 3.25. The van der Waals surface area contributed by atoms with Gasteiger partial charge in [-0.25, -0.2) is 0 Å². The van der Waals surface area contributed by atoms with Crippen LogP contribution in [0.4, 0.5) is 13.2 Å². The minimum Gasteiger partial charge on any atom is -0.383 e. The van der Waals surface area contributed by atoms with Gasteiger partial charge >= 0.3 is 6.18 Å². The lowest BCUT2D eigenvalue weighted by Crippen LogP contribution is -2.37. The number of aldehydes is 1. The zero-order valence-electron chi connectivity index (χ0n) is 12.2. The molecule has 122 valence electrons. The molecule has 4 rings (SSSR count). The molecule has 2 saturated carbocycles. The molecule has 2 fully saturated rings. The van der Waals surface area contributed by atoms with Crippen molar-refractivity contribution in [3.63, 3.8) is 0 Å². The molecule has 1 N–H and O–H groups in total. The Kier molecular flexibility index (Phi) is 4.19. The second-order valence-electron chi connectivity index (χ2n) is 7.01. The first-order chi connectivity index (χ1) is 10.4. The van der Waals surface area contributed by atoms with Gasteiger partial charge in [0, 0.05) is 11.8 Å². The highest BCUT2D eigenvalue weighted by Crippen LogP contribution is 2.47. The van der Waals surface area contributed by atoms with Gasteiger partial charge in [-0.05, 0) is 49.4 Å². The molecule has 4 bridgehead atoms. The van der Waals surface area contributed by atoms with Gasteiger partial charge in [0.15, 0.2) is 6.10 Å². The molecule has 2 nitrogen and oxygen atoms in total. The number of fused-ring (bicyclic) bond motifs is 4. The van der Waals surface area contributed by atoms with Gasteiger partial charge in [-0.2, -0.15) is 13.2 Å². The molecule has 7 atom stereocenters. The highest BCUT2D eigenvalue weighted by atomic mass is 19.4. The lowest BCUT2D eigenvalue weighted by Gasteiger charge is -2.25. The molecule has 0 aromatic heterocycles. The number of alkyl halides is 3. The van der Waals surface area contributed by atoms with E-state index in [1.165, 1.54) is 6.42 Å². The van der Waals surface area contributed by atoms with E-state index in [4.69, 9.17) is 5.11 Å². The molecule has 0 aliphatic heterocycles. The second-order valence-corrected chi connectivity index (χ2v) is 7.01. The zero-order valence-corrected chi connectivity index (χ0v) is 12.2. The summed E-state index contributed by atoms with van der Waals surface area (Å²) in [5, 5.41) is 9.05. The Morgan fingerprint density at radius 2 is 1.55 bits per heavy atom. The molecule has 0 spiro atoms. The number of aliphatic hydroxyl groups excluding tert-OH is 1. The lowest BCUT2D eigenvalue weighted by molar-refractivity contribution is -0.221. The van der Waals surface area contributed by atoms with Crippen LogP contribution in [0.3, 0.4) is 0 Å². The van der Waals surface area contributed by atoms with Crippen LogP contribution in [0.1, 0.15) is 25.7 Å². The highest BCUT2D eigenvalue weighted by Gasteiger charge is 2.50. The topological polar surface area (TPSA) is 37.3 Å². The predicted molar refractivity (Wildman–Crippen MR) is 75.8 cm³/mol. The smallest absolute Gasteiger partial charge is 0.383 e. The number of allylic oxidation sites excluding steroid dienone is 4. The van der Waals surface area contributed by atoms with E-state index in [0.29, 0.717) is 18.3 Å². The van der Waals surface area contributed by atoms with Crippen LogP contribution in [-0.4, -0.2) is 23.7 Å². The van der Waals surface area contributed by atoms with Crippen molar-refractivity contribution in [1.82, 2.24) is 0 Å². The van der Waals surface area contributed by atoms with Gasteiger partial charge in [-0.1, -0.05) is 24.3 Å². The van der Waals surface area contributed by atoms with Gasteiger partial charge in [0.25, 0.3) is 0 Å². The number of carbonyl (C=O) groups excluding carboxylic acids is 1. The monoisotopic (exact) mass is 314 g/mol. The second kappa shape index (κ2) is 5.84. The number of rotatable bonds is 2. The molecular weight excluding hydrogens is 293 g/mol. The standard InChI is InChI=1S/C9H11F3O.C8H10O/c10-9(11,12)8(13)7-4-5-1-2-6(7)3-5;9-5-8-4-6-1-2-7(8)3-6/h1-2,5-8,13H,3-4H2;1-2,5-8H,3-4H2. The van der Waals surface area contributed by atoms with Crippen LogP contribution in [0.2, 0.25) is 0 Å². The Balaban J connectivity index is 0.000000139. The van der Waals surface area contributed by atoms with E-state index in [1.807, 2.05) is 12.2 Å². The number of carbonyl (C=O) groups is 1. The lowest BCUT2D eigenvalue weighted by atomic mass is 9.88. The SMILES string of the molecule is O=CC1CC2C=CC1C2.OC(C1CC2C=CC1C2)C(F)(F)F. The summed E-state index contributed by atoms with van der Waals surface area (Å²) < 4.78 is 36.5. The van der Waals surface area contributed by atoms with Crippen LogP contribution in [0, 0.1) is 35.5 Å². The Morgan fingerprint density at radius 1 is 0.955 bits per heavy atom. The molecule has 5 heteroatoms. The van der Waals surface area contributed by atoms with Gasteiger partial charge in [-0.3, -0.25) is 0 Å². The van der Waals surface area contributed by atoms with Crippen LogP contribution < -0.4 is 0 Å². The van der Waals surface area contributed by atoms with Gasteiger partial charge in [0.2, 0.25) is 0 Å². The van der Waals surface area contributed by atoms with Crippen molar-refractivity contribution in [3.8, 4) is 0 Å². The largest absolute Gasteiger partial charge is 0.414 e. The molecule has 0 aromatic carbocycles. The van der Waals surface area contributed by atoms with E-state index < -0.39 is 18.2 Å². The number of aliphatic hydroxyl groups is 1. The molecule has 0 aromatic rings. The predicted octanol–water partition coefficient (Wildman–Crippen LogP) is 3.52. The summed E-state index contributed by atoms with van der Waals surface area (Å²) in [6, 6.07) is 0. The zero-order chi connectivity index (χ0) is 15.9. The minimum atomic E-state index is -4.46. The van der Waals surface area contributed by atoms with Gasteiger partial charge in [-0.15, -0.1) is 0 Å². The Labute approximate surface area is 128 Å². The molecule has 4 aliphatic rings. The fourth-order valence-corrected chi connectivity index (χ4v) is 4.41. The quantitative estimate of drug-likeness (QED) is 0.625. The van der Waals surface area contributed by atoms with Crippen molar-refractivity contribution in [1.29, 1.82) is 0 Å². The fourth-order valence-electron chi connectivity index (χ4n) is 4.41. The van der Waals surface area contributed by atoms with E-state index in [-0.39, 0.29) is 11.8 Å². The van der Waals surface area contributed by atoms with Crippen molar-refractivity contribution in [3.05, 3.63) is 24.3 Å². The van der Waals surface area contributed by atoms with Crippen molar-refractivity contribution in [2.45, 2.75) is 38.0 Å². The maximum absolute atomic E-state index is 12.2. The first-order valence-corrected chi connectivity index (χ1v) is 7.95. The molecule has 0 saturated heterocycles. The van der Waals surface area contributed by atoms with Gasteiger partial charge in [0.05, 0.1) is 0 Å². The summed E-state index contributed by atoms with van der Waals surface area (Å²) in [7, 11) is 0.